The molecule has 0 spiro atoms. The first-order valence-corrected chi connectivity index (χ1v) is 9.28. The van der Waals surface area contributed by atoms with Crippen LogP contribution >= 0.6 is 0 Å². The number of carbonyl (C=O) groups excluding carboxylic acids is 1. The molecule has 6 heteroatoms. The third kappa shape index (κ3) is 4.86. The standard InChI is InChI=1S/C19H29N3O3/c1-3-24-17-8-4-6-15(10-17)14(2)21-19(23)20-11-18-12-22-9-5-7-16(22)13-25-18/h4,6,8,10,14,16,18H,3,5,7,9,11-13H2,1-2H3,(H2,20,21,23)/t14-,16-,18+/m0/s1. The molecule has 2 aliphatic rings. The Bertz CT molecular complexity index is 581. The van der Waals surface area contributed by atoms with Gasteiger partial charge < -0.3 is 20.1 Å². The minimum atomic E-state index is -0.165. The van der Waals surface area contributed by atoms with E-state index >= 15 is 0 Å². The summed E-state index contributed by atoms with van der Waals surface area (Å²) in [4.78, 5) is 14.7. The average molecular weight is 347 g/mol. The number of benzene rings is 1. The molecule has 3 atom stereocenters. The molecule has 3 rings (SSSR count). The zero-order valence-corrected chi connectivity index (χ0v) is 15.2. The van der Waals surface area contributed by atoms with E-state index in [1.165, 1.54) is 12.8 Å². The number of ether oxygens (including phenoxy) is 2. The number of rotatable bonds is 6. The molecule has 2 N–H and O–H groups in total. The van der Waals surface area contributed by atoms with Crippen molar-refractivity contribution < 1.29 is 14.3 Å². The molecule has 0 aromatic heterocycles. The van der Waals surface area contributed by atoms with Gasteiger partial charge in [-0.3, -0.25) is 4.90 Å². The Hall–Kier alpha value is -1.79. The smallest absolute Gasteiger partial charge is 0.315 e. The van der Waals surface area contributed by atoms with E-state index in [4.69, 9.17) is 9.47 Å². The monoisotopic (exact) mass is 347 g/mol. The summed E-state index contributed by atoms with van der Waals surface area (Å²) in [5.74, 6) is 0.824. The van der Waals surface area contributed by atoms with Crippen LogP contribution in [0.15, 0.2) is 24.3 Å². The second-order valence-corrected chi connectivity index (χ2v) is 6.83. The van der Waals surface area contributed by atoms with Crippen molar-refractivity contribution in [2.75, 3.05) is 32.8 Å². The summed E-state index contributed by atoms with van der Waals surface area (Å²) in [5, 5.41) is 5.92. The van der Waals surface area contributed by atoms with E-state index in [2.05, 4.69) is 15.5 Å². The number of hydrogen-bond donors (Lipinski definition) is 2. The van der Waals surface area contributed by atoms with Crippen LogP contribution in [0.2, 0.25) is 0 Å². The van der Waals surface area contributed by atoms with Crippen LogP contribution in [0.3, 0.4) is 0 Å². The Morgan fingerprint density at radius 2 is 2.36 bits per heavy atom. The van der Waals surface area contributed by atoms with Gasteiger partial charge in [-0.1, -0.05) is 12.1 Å². The maximum absolute atomic E-state index is 12.2. The van der Waals surface area contributed by atoms with Crippen molar-refractivity contribution in [2.24, 2.45) is 0 Å². The highest BCUT2D eigenvalue weighted by molar-refractivity contribution is 5.74. The van der Waals surface area contributed by atoms with Gasteiger partial charge in [-0.15, -0.1) is 0 Å². The van der Waals surface area contributed by atoms with Crippen LogP contribution in [0.4, 0.5) is 4.79 Å². The summed E-state index contributed by atoms with van der Waals surface area (Å²) in [6.45, 7) is 7.96. The largest absolute Gasteiger partial charge is 0.494 e. The van der Waals surface area contributed by atoms with E-state index in [-0.39, 0.29) is 18.2 Å². The Kier molecular flexibility index (Phi) is 6.15. The lowest BCUT2D eigenvalue weighted by atomic mass is 10.1. The summed E-state index contributed by atoms with van der Waals surface area (Å²) in [7, 11) is 0. The van der Waals surface area contributed by atoms with E-state index in [0.717, 1.165) is 31.0 Å². The highest BCUT2D eigenvalue weighted by Gasteiger charge is 2.32. The van der Waals surface area contributed by atoms with Gasteiger partial charge in [0.15, 0.2) is 0 Å². The number of nitrogens with zero attached hydrogens (tertiary/aromatic N) is 1. The summed E-state index contributed by atoms with van der Waals surface area (Å²) >= 11 is 0. The van der Waals surface area contributed by atoms with Gasteiger partial charge in [0.1, 0.15) is 5.75 Å². The van der Waals surface area contributed by atoms with Crippen LogP contribution in [-0.2, 0) is 4.74 Å². The molecule has 2 fully saturated rings. The van der Waals surface area contributed by atoms with Crippen LogP contribution in [0.5, 0.6) is 5.75 Å². The fourth-order valence-corrected chi connectivity index (χ4v) is 3.59. The molecule has 2 heterocycles. The van der Waals surface area contributed by atoms with Crippen LogP contribution in [0, 0.1) is 0 Å². The van der Waals surface area contributed by atoms with E-state index in [0.29, 0.717) is 19.2 Å². The Balaban J connectivity index is 1.43. The summed E-state index contributed by atoms with van der Waals surface area (Å²) < 4.78 is 11.4. The highest BCUT2D eigenvalue weighted by atomic mass is 16.5. The second-order valence-electron chi connectivity index (χ2n) is 6.83. The van der Waals surface area contributed by atoms with Gasteiger partial charge in [-0.25, -0.2) is 4.79 Å². The third-order valence-electron chi connectivity index (χ3n) is 4.97. The zero-order valence-electron chi connectivity index (χ0n) is 15.2. The molecule has 2 aliphatic heterocycles. The Morgan fingerprint density at radius 3 is 3.20 bits per heavy atom. The molecule has 0 bridgehead atoms. The zero-order chi connectivity index (χ0) is 17.6. The molecule has 138 valence electrons. The number of amides is 2. The molecule has 25 heavy (non-hydrogen) atoms. The fourth-order valence-electron chi connectivity index (χ4n) is 3.59. The molecule has 2 saturated heterocycles. The summed E-state index contributed by atoms with van der Waals surface area (Å²) in [5.41, 5.74) is 1.02. The van der Waals surface area contributed by atoms with Gasteiger partial charge in [0.25, 0.3) is 0 Å². The first-order chi connectivity index (χ1) is 12.2. The van der Waals surface area contributed by atoms with Crippen molar-refractivity contribution in [3.8, 4) is 5.75 Å². The number of morpholine rings is 1. The molecular weight excluding hydrogens is 318 g/mol. The van der Waals surface area contributed by atoms with Gasteiger partial charge >= 0.3 is 6.03 Å². The molecule has 2 amide bonds. The fraction of sp³-hybridized carbons (Fsp3) is 0.632. The number of hydrogen-bond acceptors (Lipinski definition) is 4. The molecule has 1 aromatic rings. The molecule has 0 saturated carbocycles. The number of nitrogens with one attached hydrogen (secondary N) is 2. The molecular formula is C19H29N3O3. The van der Waals surface area contributed by atoms with E-state index in [1.807, 2.05) is 38.1 Å². The number of carbonyl (C=O) groups is 1. The lowest BCUT2D eigenvalue weighted by Gasteiger charge is -2.35. The Labute approximate surface area is 149 Å². The van der Waals surface area contributed by atoms with Gasteiger partial charge in [0.2, 0.25) is 0 Å². The summed E-state index contributed by atoms with van der Waals surface area (Å²) in [6, 6.07) is 8.15. The first kappa shape index (κ1) is 18.0. The van der Waals surface area contributed by atoms with Crippen molar-refractivity contribution in [2.45, 2.75) is 44.9 Å². The second kappa shape index (κ2) is 8.54. The summed E-state index contributed by atoms with van der Waals surface area (Å²) in [6.07, 6.45) is 2.57. The van der Waals surface area contributed by atoms with Crippen molar-refractivity contribution in [1.82, 2.24) is 15.5 Å². The van der Waals surface area contributed by atoms with Crippen molar-refractivity contribution in [3.63, 3.8) is 0 Å². The quantitative estimate of drug-likeness (QED) is 0.829. The predicted octanol–water partition coefficient (Wildman–Crippen LogP) is 2.31. The van der Waals surface area contributed by atoms with Gasteiger partial charge in [0.05, 0.1) is 25.4 Å². The van der Waals surface area contributed by atoms with Crippen LogP contribution in [-0.4, -0.2) is 55.9 Å². The normalized spacial score (nSPS) is 24.4. The predicted molar refractivity (Wildman–Crippen MR) is 96.9 cm³/mol. The topological polar surface area (TPSA) is 62.8 Å². The lowest BCUT2D eigenvalue weighted by molar-refractivity contribution is -0.0458. The van der Waals surface area contributed by atoms with Crippen molar-refractivity contribution in [1.29, 1.82) is 0 Å². The first-order valence-electron chi connectivity index (χ1n) is 9.28. The Morgan fingerprint density at radius 1 is 1.48 bits per heavy atom. The highest BCUT2D eigenvalue weighted by Crippen LogP contribution is 2.22. The van der Waals surface area contributed by atoms with Gasteiger partial charge in [-0.05, 0) is 50.9 Å². The molecule has 6 nitrogen and oxygen atoms in total. The van der Waals surface area contributed by atoms with E-state index < -0.39 is 0 Å². The molecule has 0 unspecified atom stereocenters. The average Bonchev–Trinajstić information content (AvgIpc) is 3.08. The van der Waals surface area contributed by atoms with Crippen LogP contribution < -0.4 is 15.4 Å². The number of urea groups is 1. The van der Waals surface area contributed by atoms with E-state index in [1.54, 1.807) is 0 Å². The van der Waals surface area contributed by atoms with Crippen molar-refractivity contribution >= 4 is 6.03 Å². The maximum atomic E-state index is 12.2. The molecule has 0 radical (unpaired) electrons. The molecule has 0 aliphatic carbocycles. The lowest BCUT2D eigenvalue weighted by Crippen LogP contribution is -2.51. The third-order valence-corrected chi connectivity index (χ3v) is 4.97. The minimum Gasteiger partial charge on any atom is -0.494 e. The minimum absolute atomic E-state index is 0.0803. The SMILES string of the molecule is CCOc1cccc([C@H](C)NC(=O)NC[C@@H]2CN3CCC[C@H]3CO2)c1. The van der Waals surface area contributed by atoms with Crippen molar-refractivity contribution in [3.05, 3.63) is 29.8 Å². The number of fused-ring (bicyclic) bond motifs is 1. The van der Waals surface area contributed by atoms with Crippen LogP contribution in [0.25, 0.3) is 0 Å². The molecule has 1 aromatic carbocycles. The maximum Gasteiger partial charge on any atom is 0.315 e. The van der Waals surface area contributed by atoms with Crippen LogP contribution in [0.1, 0.15) is 38.3 Å². The van der Waals surface area contributed by atoms with E-state index in [9.17, 15) is 4.79 Å². The van der Waals surface area contributed by atoms with Gasteiger partial charge in [-0.2, -0.15) is 0 Å². The van der Waals surface area contributed by atoms with Gasteiger partial charge in [0, 0.05) is 19.1 Å².